The number of nitrogens with zero attached hydrogens (tertiary/aromatic N) is 2. The molecule has 258 valence electrons. The maximum atomic E-state index is 11.8. The van der Waals surface area contributed by atoms with Crippen LogP contribution in [0.15, 0.2) is 87.5 Å². The summed E-state index contributed by atoms with van der Waals surface area (Å²) in [6.07, 6.45) is 1.39. The van der Waals surface area contributed by atoms with Crippen molar-refractivity contribution in [1.29, 1.82) is 0 Å². The molecule has 0 N–H and O–H groups in total. The van der Waals surface area contributed by atoms with Crippen molar-refractivity contribution in [3.63, 3.8) is 0 Å². The van der Waals surface area contributed by atoms with E-state index in [0.29, 0.717) is 22.1 Å². The number of ether oxygens (including phenoxy) is 3. The molecule has 0 radical (unpaired) electrons. The molecule has 0 unspecified atom stereocenters. The fraction of sp³-hybridized carbons (Fsp3) is 0.438. The van der Waals surface area contributed by atoms with Crippen LogP contribution in [0.5, 0.6) is 17.2 Å². The van der Waals surface area contributed by atoms with Crippen LogP contribution in [0.3, 0.4) is 0 Å². The summed E-state index contributed by atoms with van der Waals surface area (Å²) in [6.45, 7) is 11.5. The van der Waals surface area contributed by atoms with Crippen molar-refractivity contribution >= 4 is 29.9 Å². The third-order valence-corrected chi connectivity index (χ3v) is 10.3. The highest BCUT2D eigenvalue weighted by atomic mass is 32.2. The second kappa shape index (κ2) is 17.7. The van der Waals surface area contributed by atoms with E-state index >= 15 is 0 Å². The summed E-state index contributed by atoms with van der Waals surface area (Å²) in [5.74, 6) is 1.93. The average molecular weight is 701 g/mol. The molecule has 0 fully saturated rings. The van der Waals surface area contributed by atoms with Gasteiger partial charge in [0.05, 0.1) is 33.0 Å². The Morgan fingerprint density at radius 1 is 0.478 bits per heavy atom. The lowest BCUT2D eigenvalue weighted by Crippen LogP contribution is -2.22. The zero-order valence-corrected chi connectivity index (χ0v) is 30.9. The quantitative estimate of drug-likeness (QED) is 0.260. The first-order valence-electron chi connectivity index (χ1n) is 14.4. The van der Waals surface area contributed by atoms with Gasteiger partial charge in [0.2, 0.25) is 20.0 Å². The van der Waals surface area contributed by atoms with Crippen LogP contribution in [0.4, 0.5) is 0 Å². The molecule has 0 saturated heterocycles. The minimum absolute atomic E-state index is 0.0253. The van der Waals surface area contributed by atoms with Crippen molar-refractivity contribution in [2.45, 2.75) is 74.5 Å². The van der Waals surface area contributed by atoms with Crippen LogP contribution in [0.25, 0.3) is 0 Å². The largest absolute Gasteiger partial charge is 0.491 e. The summed E-state index contributed by atoms with van der Waals surface area (Å²) < 4.78 is 88.1. The molecule has 0 aliphatic carbocycles. The van der Waals surface area contributed by atoms with E-state index in [1.54, 1.807) is 66.7 Å². The molecule has 0 spiro atoms. The van der Waals surface area contributed by atoms with E-state index in [9.17, 15) is 25.3 Å². The molecule has 46 heavy (non-hydrogen) atoms. The van der Waals surface area contributed by atoms with Gasteiger partial charge in [-0.15, -0.1) is 0 Å². The first-order valence-corrected chi connectivity index (χ1v) is 19.2. The number of sulfone groups is 1. The topological polar surface area (TPSA) is 137 Å². The van der Waals surface area contributed by atoms with Gasteiger partial charge in [0.1, 0.15) is 17.2 Å². The third-order valence-electron chi connectivity index (χ3n) is 5.55. The monoisotopic (exact) mass is 700 g/mol. The van der Waals surface area contributed by atoms with Crippen LogP contribution in [0.1, 0.15) is 41.5 Å². The highest BCUT2D eigenvalue weighted by Crippen LogP contribution is 2.21. The number of sulfonamides is 2. The molecule has 11 nitrogen and oxygen atoms in total. The van der Waals surface area contributed by atoms with Crippen molar-refractivity contribution in [1.82, 2.24) is 8.61 Å². The van der Waals surface area contributed by atoms with Crippen LogP contribution in [-0.2, 0) is 29.9 Å². The van der Waals surface area contributed by atoms with Gasteiger partial charge in [0, 0.05) is 40.5 Å². The predicted octanol–water partition coefficient (Wildman–Crippen LogP) is 5.33. The Hall–Kier alpha value is -3.17. The Balaban J connectivity index is 0.000000346. The molecule has 3 rings (SSSR count). The molecular weight excluding hydrogens is 653 g/mol. The molecule has 0 bridgehead atoms. The Morgan fingerprint density at radius 2 is 0.826 bits per heavy atom. The van der Waals surface area contributed by atoms with Crippen LogP contribution >= 0.6 is 0 Å². The fourth-order valence-electron chi connectivity index (χ4n) is 3.40. The Bertz CT molecular complexity index is 1680. The van der Waals surface area contributed by atoms with Gasteiger partial charge in [-0.1, -0.05) is 6.07 Å². The van der Waals surface area contributed by atoms with Gasteiger partial charge in [-0.3, -0.25) is 0 Å². The van der Waals surface area contributed by atoms with Crippen LogP contribution in [-0.4, -0.2) is 86.6 Å². The van der Waals surface area contributed by atoms with Gasteiger partial charge in [-0.25, -0.2) is 33.9 Å². The van der Waals surface area contributed by atoms with Gasteiger partial charge in [0.15, 0.2) is 9.84 Å². The highest BCUT2D eigenvalue weighted by Gasteiger charge is 2.18. The van der Waals surface area contributed by atoms with Crippen LogP contribution < -0.4 is 14.2 Å². The van der Waals surface area contributed by atoms with Crippen molar-refractivity contribution < 1.29 is 39.5 Å². The van der Waals surface area contributed by atoms with Crippen LogP contribution in [0, 0.1) is 0 Å². The van der Waals surface area contributed by atoms with Crippen molar-refractivity contribution in [3.8, 4) is 17.2 Å². The summed E-state index contributed by atoms with van der Waals surface area (Å²) in [5, 5.41) is 0. The predicted molar refractivity (Wildman–Crippen MR) is 181 cm³/mol. The van der Waals surface area contributed by atoms with Crippen molar-refractivity contribution in [2.24, 2.45) is 0 Å². The first-order chi connectivity index (χ1) is 21.1. The van der Waals surface area contributed by atoms with E-state index < -0.39 is 29.9 Å². The summed E-state index contributed by atoms with van der Waals surface area (Å²) in [6, 6.07) is 19.4. The lowest BCUT2D eigenvalue weighted by molar-refractivity contribution is 0.241. The SMILES string of the molecule is CC(C)Oc1ccc(S(=O)(=O)N(C)C)cc1.CC(C)Oc1ccc(S(C)(=O)=O)cc1.CC(C)Oc1cccc(S(=O)(=O)N(C)C)c1. The van der Waals surface area contributed by atoms with E-state index in [2.05, 4.69) is 0 Å². The zero-order valence-electron chi connectivity index (χ0n) is 28.5. The smallest absolute Gasteiger partial charge is 0.242 e. The van der Waals surface area contributed by atoms with Crippen molar-refractivity contribution in [2.75, 3.05) is 34.4 Å². The molecular formula is C32H48N2O9S3. The van der Waals surface area contributed by atoms with Gasteiger partial charge < -0.3 is 14.2 Å². The summed E-state index contributed by atoms with van der Waals surface area (Å²) in [5.41, 5.74) is 0. The Kier molecular flexibility index (Phi) is 15.7. The van der Waals surface area contributed by atoms with E-state index in [0.717, 1.165) is 0 Å². The second-order valence-corrected chi connectivity index (χ2v) is 17.6. The maximum absolute atomic E-state index is 11.8. The summed E-state index contributed by atoms with van der Waals surface area (Å²) in [7, 11) is -3.80. The van der Waals surface area contributed by atoms with Gasteiger partial charge in [-0.2, -0.15) is 0 Å². The third kappa shape index (κ3) is 13.7. The molecule has 0 saturated carbocycles. The van der Waals surface area contributed by atoms with Gasteiger partial charge in [-0.05, 0) is 102 Å². The second-order valence-electron chi connectivity index (χ2n) is 11.3. The van der Waals surface area contributed by atoms with Gasteiger partial charge >= 0.3 is 0 Å². The molecule has 0 aromatic heterocycles. The molecule has 0 amide bonds. The number of rotatable bonds is 11. The lowest BCUT2D eigenvalue weighted by Gasteiger charge is -2.14. The molecule has 0 heterocycles. The number of hydrogen-bond acceptors (Lipinski definition) is 9. The normalized spacial score (nSPS) is 12.0. The molecule has 14 heteroatoms. The fourth-order valence-corrected chi connectivity index (χ4v) is 5.87. The minimum atomic E-state index is -3.38. The van der Waals surface area contributed by atoms with Gasteiger partial charge in [0.25, 0.3) is 0 Å². The molecule has 0 atom stereocenters. The maximum Gasteiger partial charge on any atom is 0.242 e. The zero-order chi connectivity index (χ0) is 35.5. The minimum Gasteiger partial charge on any atom is -0.491 e. The highest BCUT2D eigenvalue weighted by molar-refractivity contribution is 7.90. The summed E-state index contributed by atoms with van der Waals surface area (Å²) >= 11 is 0. The molecule has 0 aliphatic rings. The summed E-state index contributed by atoms with van der Waals surface area (Å²) in [4.78, 5) is 0.831. The van der Waals surface area contributed by atoms with Crippen LogP contribution in [0.2, 0.25) is 0 Å². The van der Waals surface area contributed by atoms with Crippen molar-refractivity contribution in [3.05, 3.63) is 72.8 Å². The number of benzene rings is 3. The van der Waals surface area contributed by atoms with E-state index in [-0.39, 0.29) is 28.1 Å². The molecule has 3 aromatic carbocycles. The Labute approximate surface area is 276 Å². The van der Waals surface area contributed by atoms with E-state index in [1.165, 1.54) is 49.1 Å². The Morgan fingerprint density at radius 3 is 1.17 bits per heavy atom. The first kappa shape index (κ1) is 40.9. The number of hydrogen-bond donors (Lipinski definition) is 0. The molecule has 0 aliphatic heterocycles. The lowest BCUT2D eigenvalue weighted by atomic mass is 10.3. The van der Waals surface area contributed by atoms with E-state index in [4.69, 9.17) is 14.2 Å². The average Bonchev–Trinajstić information content (AvgIpc) is 2.93. The standard InChI is InChI=1S/2C11H17NO3S.C10H14O3S/c1-9(2)15-10-5-7-11(8-6-10)16(13,14)12(3)4;1-9(2)15-10-6-5-7-11(8-10)16(13,14)12(3)4;1-8(2)13-9-4-6-10(7-5-9)14(3,11)12/h2*5-9H,1-4H3;4-8H,1-3H3. The van der Waals surface area contributed by atoms with E-state index in [1.807, 2.05) is 41.5 Å². The molecule has 3 aromatic rings.